The van der Waals surface area contributed by atoms with Gasteiger partial charge in [-0.15, -0.1) is 0 Å². The summed E-state index contributed by atoms with van der Waals surface area (Å²) in [6, 6.07) is 0. The molecule has 0 saturated heterocycles. The van der Waals surface area contributed by atoms with E-state index in [1.54, 1.807) is 0 Å². The van der Waals surface area contributed by atoms with Gasteiger partial charge in [-0.3, -0.25) is 4.79 Å². The average molecular weight is 272 g/mol. The molecule has 1 saturated carbocycles. The second-order valence-corrected chi connectivity index (χ2v) is 5.65. The van der Waals surface area contributed by atoms with Crippen LogP contribution in [0.3, 0.4) is 0 Å². The van der Waals surface area contributed by atoms with E-state index in [1.165, 1.54) is 0 Å². The summed E-state index contributed by atoms with van der Waals surface area (Å²) in [7, 11) is 0. The van der Waals surface area contributed by atoms with Crippen molar-refractivity contribution in [1.29, 1.82) is 0 Å². The summed E-state index contributed by atoms with van der Waals surface area (Å²) in [5.74, 6) is -0.0787. The van der Waals surface area contributed by atoms with Crippen LogP contribution in [0.4, 0.5) is 0 Å². The molecule has 0 spiro atoms. The molecule has 0 aliphatic heterocycles. The van der Waals surface area contributed by atoms with Crippen LogP contribution in [0.2, 0.25) is 0 Å². The first-order valence-electron chi connectivity index (χ1n) is 7.16. The van der Waals surface area contributed by atoms with Crippen LogP contribution in [-0.2, 0) is 14.3 Å². The Balaban J connectivity index is 2.40. The van der Waals surface area contributed by atoms with Crippen molar-refractivity contribution in [3.63, 3.8) is 0 Å². The van der Waals surface area contributed by atoms with Gasteiger partial charge in [0.15, 0.2) is 0 Å². The van der Waals surface area contributed by atoms with Gasteiger partial charge in [-0.25, -0.2) is 0 Å². The number of hydrogen-bond acceptors (Lipinski definition) is 4. The van der Waals surface area contributed by atoms with E-state index in [0.29, 0.717) is 32.8 Å². The molecule has 1 rings (SSSR count). The van der Waals surface area contributed by atoms with Gasteiger partial charge >= 0.3 is 0 Å². The molecule has 5 nitrogen and oxygen atoms in total. The molecule has 5 heteroatoms. The second-order valence-electron chi connectivity index (χ2n) is 5.65. The highest BCUT2D eigenvalue weighted by Gasteiger charge is 2.62. The van der Waals surface area contributed by atoms with Crippen LogP contribution in [0.5, 0.6) is 0 Å². The maximum absolute atomic E-state index is 12.2. The predicted octanol–water partition coefficient (Wildman–Crippen LogP) is 1.06. The Bertz CT molecular complexity index is 307. The summed E-state index contributed by atoms with van der Waals surface area (Å²) in [5.41, 5.74) is 5.12. The molecule has 1 aliphatic rings. The van der Waals surface area contributed by atoms with Gasteiger partial charge < -0.3 is 20.5 Å². The van der Waals surface area contributed by atoms with Crippen molar-refractivity contribution in [1.82, 2.24) is 5.32 Å². The molecule has 0 aromatic rings. The van der Waals surface area contributed by atoms with E-state index in [-0.39, 0.29) is 17.4 Å². The Kier molecular flexibility index (Phi) is 5.77. The summed E-state index contributed by atoms with van der Waals surface area (Å²) >= 11 is 0. The summed E-state index contributed by atoms with van der Waals surface area (Å²) in [4.78, 5) is 12.2. The van der Waals surface area contributed by atoms with Gasteiger partial charge in [-0.2, -0.15) is 0 Å². The summed E-state index contributed by atoms with van der Waals surface area (Å²) in [5, 5.41) is 2.90. The molecule has 1 fully saturated rings. The average Bonchev–Trinajstić information content (AvgIpc) is 2.37. The lowest BCUT2D eigenvalue weighted by molar-refractivity contribution is -0.170. The van der Waals surface area contributed by atoms with E-state index >= 15 is 0 Å². The lowest BCUT2D eigenvalue weighted by atomic mass is 9.54. The first kappa shape index (κ1) is 16.4. The van der Waals surface area contributed by atoms with Crippen LogP contribution in [0.1, 0.15) is 40.5 Å². The monoisotopic (exact) mass is 272 g/mol. The van der Waals surface area contributed by atoms with Gasteiger partial charge in [0, 0.05) is 38.2 Å². The number of rotatable bonds is 8. The standard InChI is InChI=1S/C14H28N2O3/c1-5-18-9-7-8-16-12(17)14(15)10-11(19-6-2)13(14,3)4/h11H,5-10,15H2,1-4H3,(H,16,17). The zero-order chi connectivity index (χ0) is 14.5. The van der Waals surface area contributed by atoms with Crippen LogP contribution >= 0.6 is 0 Å². The lowest BCUT2D eigenvalue weighted by Gasteiger charge is -2.57. The highest BCUT2D eigenvalue weighted by molar-refractivity contribution is 5.88. The van der Waals surface area contributed by atoms with Crippen molar-refractivity contribution in [3.8, 4) is 0 Å². The SMILES string of the molecule is CCOCCCNC(=O)C1(N)CC(OCC)C1(C)C. The quantitative estimate of drug-likeness (QED) is 0.648. The van der Waals surface area contributed by atoms with E-state index in [2.05, 4.69) is 5.32 Å². The lowest BCUT2D eigenvalue weighted by Crippen LogP contribution is -2.75. The largest absolute Gasteiger partial charge is 0.382 e. The van der Waals surface area contributed by atoms with Crippen molar-refractivity contribution in [3.05, 3.63) is 0 Å². The van der Waals surface area contributed by atoms with Gasteiger partial charge in [-0.1, -0.05) is 13.8 Å². The number of hydrogen-bond donors (Lipinski definition) is 2. The molecule has 3 N–H and O–H groups in total. The third-order valence-corrected chi connectivity index (χ3v) is 4.19. The fraction of sp³-hybridized carbons (Fsp3) is 0.929. The Morgan fingerprint density at radius 1 is 1.37 bits per heavy atom. The smallest absolute Gasteiger partial charge is 0.240 e. The van der Waals surface area contributed by atoms with E-state index in [1.807, 2.05) is 27.7 Å². The van der Waals surface area contributed by atoms with E-state index in [4.69, 9.17) is 15.2 Å². The van der Waals surface area contributed by atoms with Crippen molar-refractivity contribution < 1.29 is 14.3 Å². The fourth-order valence-corrected chi connectivity index (χ4v) is 2.50. The van der Waals surface area contributed by atoms with E-state index in [9.17, 15) is 4.79 Å². The van der Waals surface area contributed by atoms with Crippen LogP contribution in [0.25, 0.3) is 0 Å². The summed E-state index contributed by atoms with van der Waals surface area (Å²) in [6.45, 7) is 10.5. The molecule has 1 aliphatic carbocycles. The van der Waals surface area contributed by atoms with Gasteiger partial charge in [0.2, 0.25) is 5.91 Å². The van der Waals surface area contributed by atoms with Crippen LogP contribution in [0.15, 0.2) is 0 Å². The van der Waals surface area contributed by atoms with E-state index in [0.717, 1.165) is 6.42 Å². The summed E-state index contributed by atoms with van der Waals surface area (Å²) in [6.07, 6.45) is 1.47. The Labute approximate surface area is 116 Å². The van der Waals surface area contributed by atoms with Crippen LogP contribution in [-0.4, -0.2) is 43.9 Å². The molecule has 0 aromatic carbocycles. The molecule has 1 amide bonds. The number of nitrogens with one attached hydrogen (secondary N) is 1. The van der Waals surface area contributed by atoms with Crippen LogP contribution < -0.4 is 11.1 Å². The molecule has 0 aromatic heterocycles. The van der Waals surface area contributed by atoms with Gasteiger partial charge in [0.25, 0.3) is 0 Å². The van der Waals surface area contributed by atoms with Crippen LogP contribution in [0, 0.1) is 5.41 Å². The molecule has 112 valence electrons. The number of carbonyl (C=O) groups is 1. The molecule has 0 radical (unpaired) electrons. The third-order valence-electron chi connectivity index (χ3n) is 4.19. The molecule has 0 heterocycles. The van der Waals surface area contributed by atoms with E-state index < -0.39 is 5.54 Å². The maximum Gasteiger partial charge on any atom is 0.240 e. The number of carbonyl (C=O) groups excluding carboxylic acids is 1. The van der Waals surface area contributed by atoms with Gasteiger partial charge in [0.1, 0.15) is 5.54 Å². The zero-order valence-electron chi connectivity index (χ0n) is 12.6. The number of nitrogens with two attached hydrogens (primary N) is 1. The second kappa shape index (κ2) is 6.68. The minimum Gasteiger partial charge on any atom is -0.382 e. The number of ether oxygens (including phenoxy) is 2. The first-order valence-corrected chi connectivity index (χ1v) is 7.16. The highest BCUT2D eigenvalue weighted by atomic mass is 16.5. The molecule has 2 atom stereocenters. The van der Waals surface area contributed by atoms with Crippen molar-refractivity contribution in [2.24, 2.45) is 11.1 Å². The molecule has 0 bridgehead atoms. The summed E-state index contributed by atoms with van der Waals surface area (Å²) < 4.78 is 10.8. The predicted molar refractivity (Wildman–Crippen MR) is 74.9 cm³/mol. The molecular formula is C14H28N2O3. The maximum atomic E-state index is 12.2. The van der Waals surface area contributed by atoms with Gasteiger partial charge in [-0.05, 0) is 20.3 Å². The topological polar surface area (TPSA) is 73.6 Å². The highest BCUT2D eigenvalue weighted by Crippen LogP contribution is 2.49. The fourth-order valence-electron chi connectivity index (χ4n) is 2.50. The molecule has 2 unspecified atom stereocenters. The Hall–Kier alpha value is -0.650. The zero-order valence-corrected chi connectivity index (χ0v) is 12.6. The van der Waals surface area contributed by atoms with Crippen molar-refractivity contribution in [2.45, 2.75) is 52.2 Å². The van der Waals surface area contributed by atoms with Crippen molar-refractivity contribution >= 4 is 5.91 Å². The number of amides is 1. The Morgan fingerprint density at radius 3 is 2.58 bits per heavy atom. The minimum atomic E-state index is -0.821. The van der Waals surface area contributed by atoms with Crippen molar-refractivity contribution in [2.75, 3.05) is 26.4 Å². The minimum absolute atomic E-state index is 0.0664. The third kappa shape index (κ3) is 3.27. The Morgan fingerprint density at radius 2 is 2.05 bits per heavy atom. The first-order chi connectivity index (χ1) is 8.90. The normalized spacial score (nSPS) is 28.8. The molecule has 19 heavy (non-hydrogen) atoms. The molecular weight excluding hydrogens is 244 g/mol. The van der Waals surface area contributed by atoms with Gasteiger partial charge in [0.05, 0.1) is 6.10 Å².